The Balaban J connectivity index is 0. The summed E-state index contributed by atoms with van der Waals surface area (Å²) in [5.74, 6) is -2.22. The maximum Gasteiger partial charge on any atom is 1.00 e. The Morgan fingerprint density at radius 1 is 1.35 bits per heavy atom. The average molecular weight is 340 g/mol. The Bertz CT molecular complexity index is 486. The summed E-state index contributed by atoms with van der Waals surface area (Å²) in [4.78, 5) is 0. The molecular weight excluding hydrogens is 323 g/mol. The molecule has 0 fully saturated rings. The smallest absolute Gasteiger partial charge is 0.748 e. The molecule has 8 nitrogen and oxygen atoms in total. The van der Waals surface area contributed by atoms with Crippen LogP contribution in [0.3, 0.4) is 0 Å². The van der Waals surface area contributed by atoms with Gasteiger partial charge >= 0.3 is 29.6 Å². The van der Waals surface area contributed by atoms with Gasteiger partial charge in [0.15, 0.2) is 0 Å². The van der Waals surface area contributed by atoms with Gasteiger partial charge in [-0.3, -0.25) is 4.55 Å². The van der Waals surface area contributed by atoms with Crippen molar-refractivity contribution in [1.82, 2.24) is 0 Å². The molecule has 0 heterocycles. The number of ether oxygens (including phenoxy) is 1. The van der Waals surface area contributed by atoms with E-state index in [0.29, 0.717) is 0 Å². The average Bonchev–Trinajstić information content (AvgIpc) is 2.12. The number of hydrogen-bond acceptors (Lipinski definition) is 7. The van der Waals surface area contributed by atoms with Gasteiger partial charge in [0.05, 0.1) is 30.3 Å². The summed E-state index contributed by atoms with van der Waals surface area (Å²) < 4.78 is 68.0. The minimum atomic E-state index is -4.95. The zero-order valence-electron chi connectivity index (χ0n) is 11.3. The summed E-state index contributed by atoms with van der Waals surface area (Å²) >= 11 is 0. The van der Waals surface area contributed by atoms with Crippen molar-refractivity contribution < 1.29 is 65.3 Å². The third kappa shape index (κ3) is 9.42. The van der Waals surface area contributed by atoms with Crippen LogP contribution in [0.25, 0.3) is 0 Å². The predicted octanol–water partition coefficient (Wildman–Crippen LogP) is -4.01. The van der Waals surface area contributed by atoms with Gasteiger partial charge in [-0.15, -0.1) is 6.58 Å². The molecule has 0 spiro atoms. The molecule has 0 radical (unpaired) electrons. The van der Waals surface area contributed by atoms with Crippen LogP contribution in [0.1, 0.15) is 6.92 Å². The van der Waals surface area contributed by atoms with Gasteiger partial charge in [0.25, 0.3) is 10.1 Å². The largest absolute Gasteiger partial charge is 1.00 e. The van der Waals surface area contributed by atoms with E-state index in [0.717, 1.165) is 6.92 Å². The van der Waals surface area contributed by atoms with E-state index in [9.17, 15) is 26.5 Å². The summed E-state index contributed by atoms with van der Waals surface area (Å²) in [6.45, 7) is 4.04. The molecule has 0 aliphatic rings. The van der Waals surface area contributed by atoms with Gasteiger partial charge in [0.1, 0.15) is 10.1 Å². The Kier molecular flexibility index (Phi) is 10.8. The van der Waals surface area contributed by atoms with E-state index in [1.165, 1.54) is 6.08 Å². The van der Waals surface area contributed by atoms with Crippen LogP contribution >= 0.6 is 0 Å². The van der Waals surface area contributed by atoms with Crippen molar-refractivity contribution in [2.75, 3.05) is 19.0 Å². The van der Waals surface area contributed by atoms with Gasteiger partial charge in [-0.2, -0.15) is 8.42 Å². The van der Waals surface area contributed by atoms with E-state index in [2.05, 4.69) is 6.58 Å². The first-order valence-electron chi connectivity index (χ1n) is 5.25. The Labute approximate surface area is 141 Å². The van der Waals surface area contributed by atoms with Gasteiger partial charge in [-0.25, -0.2) is 8.42 Å². The van der Waals surface area contributed by atoms with Crippen molar-refractivity contribution in [1.29, 1.82) is 0 Å². The van der Waals surface area contributed by atoms with Crippen molar-refractivity contribution >= 4 is 20.2 Å². The van der Waals surface area contributed by atoms with Crippen molar-refractivity contribution in [3.8, 4) is 0 Å². The van der Waals surface area contributed by atoms with Gasteiger partial charge in [0, 0.05) is 0 Å². The van der Waals surface area contributed by atoms with Gasteiger partial charge in [-0.05, 0) is 5.92 Å². The zero-order valence-corrected chi connectivity index (χ0v) is 14.9. The second-order valence-corrected chi connectivity index (χ2v) is 7.10. The molecule has 0 aromatic heterocycles. The fourth-order valence-electron chi connectivity index (χ4n) is 1.65. The summed E-state index contributed by atoms with van der Waals surface area (Å²) in [6.07, 6.45) is -0.339. The third-order valence-corrected chi connectivity index (χ3v) is 4.66. The summed E-state index contributed by atoms with van der Waals surface area (Å²) in [7, 11) is -9.41. The van der Waals surface area contributed by atoms with Crippen molar-refractivity contribution in [2.24, 2.45) is 5.92 Å². The molecule has 3 atom stereocenters. The Morgan fingerprint density at radius 3 is 2.20 bits per heavy atom. The van der Waals surface area contributed by atoms with Crippen LogP contribution in [0.4, 0.5) is 0 Å². The fraction of sp³-hybridized carbons (Fsp3) is 0.778. The minimum Gasteiger partial charge on any atom is -0.748 e. The molecule has 0 aliphatic carbocycles. The standard InChI is InChI=1S/C9H18O8S2.Na/c1-3-4-17-5-8(10)9(19(14,15)16)7(2)6-18(11,12)13;/h3,7-10H,1,4-6H2,2H3,(H,11,12,13)(H,14,15,16);/q;+1/p-1. The second kappa shape index (κ2) is 9.49. The second-order valence-electron chi connectivity index (χ2n) is 4.08. The number of hydrogen-bond donors (Lipinski definition) is 2. The first-order chi connectivity index (χ1) is 8.49. The number of rotatable bonds is 9. The maximum absolute atomic E-state index is 11.1. The van der Waals surface area contributed by atoms with E-state index < -0.39 is 49.9 Å². The number of aliphatic hydroxyl groups excluding tert-OH is 1. The summed E-state index contributed by atoms with van der Waals surface area (Å²) in [5, 5.41) is 7.73. The first-order valence-corrected chi connectivity index (χ1v) is 8.33. The van der Waals surface area contributed by atoms with Crippen molar-refractivity contribution in [3.63, 3.8) is 0 Å². The van der Waals surface area contributed by atoms with Gasteiger partial charge in [0.2, 0.25) is 0 Å². The quantitative estimate of drug-likeness (QED) is 0.187. The van der Waals surface area contributed by atoms with E-state index in [-0.39, 0.29) is 36.2 Å². The zero-order chi connectivity index (χ0) is 15.3. The van der Waals surface area contributed by atoms with E-state index in [1.807, 2.05) is 0 Å². The van der Waals surface area contributed by atoms with Crippen LogP contribution in [0.5, 0.6) is 0 Å². The molecule has 11 heteroatoms. The Hall–Kier alpha value is 0.480. The molecule has 0 saturated heterocycles. The maximum atomic E-state index is 11.1. The van der Waals surface area contributed by atoms with Gasteiger partial charge < -0.3 is 14.4 Å². The summed E-state index contributed by atoms with van der Waals surface area (Å²) in [6, 6.07) is 0. The third-order valence-electron chi connectivity index (χ3n) is 2.27. The van der Waals surface area contributed by atoms with Crippen LogP contribution in [0.15, 0.2) is 12.7 Å². The van der Waals surface area contributed by atoms with Crippen LogP contribution in [0.2, 0.25) is 0 Å². The van der Waals surface area contributed by atoms with Crippen molar-refractivity contribution in [2.45, 2.75) is 18.3 Å². The first kappa shape index (κ1) is 22.8. The fourth-order valence-corrected chi connectivity index (χ4v) is 3.77. The number of aliphatic hydroxyl groups is 1. The molecule has 0 saturated carbocycles. The molecule has 0 amide bonds. The van der Waals surface area contributed by atoms with Crippen LogP contribution in [-0.2, 0) is 25.0 Å². The van der Waals surface area contributed by atoms with Crippen LogP contribution < -0.4 is 29.6 Å². The monoisotopic (exact) mass is 340 g/mol. The topological polar surface area (TPSA) is 141 Å². The SMILES string of the molecule is C=CCOCC(O)C(C(C)CS(=O)(=O)O)S(=O)(=O)[O-].[Na+]. The van der Waals surface area contributed by atoms with E-state index in [1.54, 1.807) is 0 Å². The molecule has 20 heavy (non-hydrogen) atoms. The van der Waals surface area contributed by atoms with Gasteiger partial charge in [-0.1, -0.05) is 13.0 Å². The molecule has 0 aliphatic heterocycles. The Morgan fingerprint density at radius 2 is 1.85 bits per heavy atom. The summed E-state index contributed by atoms with van der Waals surface area (Å²) in [5.41, 5.74) is 0. The molecule has 0 aromatic rings. The molecule has 0 aromatic carbocycles. The normalized spacial score (nSPS) is 16.8. The van der Waals surface area contributed by atoms with Crippen LogP contribution in [-0.4, -0.2) is 61.4 Å². The molecule has 114 valence electrons. The molecule has 0 rings (SSSR count). The van der Waals surface area contributed by atoms with E-state index in [4.69, 9.17) is 9.29 Å². The minimum absolute atomic E-state index is 0. The van der Waals surface area contributed by atoms with Crippen molar-refractivity contribution in [3.05, 3.63) is 12.7 Å². The molecule has 0 bridgehead atoms. The molecule has 3 unspecified atom stereocenters. The molecule has 2 N–H and O–H groups in total. The predicted molar refractivity (Wildman–Crippen MR) is 66.1 cm³/mol. The van der Waals surface area contributed by atoms with E-state index >= 15 is 0 Å². The molecular formula is C9H17NaO8S2. The van der Waals surface area contributed by atoms with Crippen LogP contribution in [0, 0.1) is 5.92 Å².